The Hall–Kier alpha value is -3.49. The molecule has 39 heavy (non-hydrogen) atoms. The lowest BCUT2D eigenvalue weighted by Crippen LogP contribution is -2.26. The first-order valence-electron chi connectivity index (χ1n) is 12.9. The van der Waals surface area contributed by atoms with Gasteiger partial charge in [-0.2, -0.15) is 8.78 Å². The third kappa shape index (κ3) is 5.77. The molecule has 1 fully saturated rings. The van der Waals surface area contributed by atoms with Crippen LogP contribution in [0.25, 0.3) is 11.1 Å². The highest BCUT2D eigenvalue weighted by Crippen LogP contribution is 2.39. The van der Waals surface area contributed by atoms with Gasteiger partial charge in [-0.25, -0.2) is 17.6 Å². The molecule has 0 N–H and O–H groups in total. The van der Waals surface area contributed by atoms with Gasteiger partial charge in [0.15, 0.2) is 34.8 Å². The van der Waals surface area contributed by atoms with Crippen molar-refractivity contribution in [3.63, 3.8) is 0 Å². The lowest BCUT2D eigenvalue weighted by molar-refractivity contribution is -0.140. The van der Waals surface area contributed by atoms with Crippen LogP contribution in [-0.2, 0) is 11.2 Å². The van der Waals surface area contributed by atoms with E-state index in [0.717, 1.165) is 24.3 Å². The highest BCUT2D eigenvalue weighted by Gasteiger charge is 2.32. The van der Waals surface area contributed by atoms with Gasteiger partial charge in [0.2, 0.25) is 11.6 Å². The van der Waals surface area contributed by atoms with Gasteiger partial charge in [-0.3, -0.25) is 4.79 Å². The number of ether oxygens (including phenoxy) is 2. The lowest BCUT2D eigenvalue weighted by atomic mass is 9.78. The van der Waals surface area contributed by atoms with Gasteiger partial charge in [-0.1, -0.05) is 25.5 Å². The number of carbonyl (C=O) groups is 1. The molecule has 0 unspecified atom stereocenters. The first-order valence-corrected chi connectivity index (χ1v) is 12.9. The highest BCUT2D eigenvalue weighted by molar-refractivity contribution is 5.76. The summed E-state index contributed by atoms with van der Waals surface area (Å²) in [5, 5.41) is 0. The van der Waals surface area contributed by atoms with Gasteiger partial charge in [0.1, 0.15) is 0 Å². The zero-order valence-electron chi connectivity index (χ0n) is 21.6. The Morgan fingerprint density at radius 3 is 1.90 bits per heavy atom. The van der Waals surface area contributed by atoms with Gasteiger partial charge in [-0.05, 0) is 80.3 Å². The molecule has 1 aliphatic rings. The number of esters is 1. The molecule has 0 aliphatic heterocycles. The zero-order chi connectivity index (χ0) is 28.3. The van der Waals surface area contributed by atoms with Gasteiger partial charge in [0, 0.05) is 11.1 Å². The fraction of sp³-hybridized carbons (Fsp3) is 0.367. The van der Waals surface area contributed by atoms with Crippen LogP contribution >= 0.6 is 0 Å². The van der Waals surface area contributed by atoms with Gasteiger partial charge in [0.05, 0.1) is 12.5 Å². The van der Waals surface area contributed by atoms with Gasteiger partial charge < -0.3 is 9.47 Å². The highest BCUT2D eigenvalue weighted by atomic mass is 19.2. The summed E-state index contributed by atoms with van der Waals surface area (Å²) in [6.07, 6.45) is 2.49. The second kappa shape index (κ2) is 12.1. The first-order chi connectivity index (χ1) is 18.7. The van der Waals surface area contributed by atoms with E-state index in [1.807, 2.05) is 6.92 Å². The lowest BCUT2D eigenvalue weighted by Gasteiger charge is -2.28. The van der Waals surface area contributed by atoms with E-state index in [4.69, 9.17) is 9.47 Å². The fourth-order valence-electron chi connectivity index (χ4n) is 5.04. The Balaban J connectivity index is 1.44. The third-order valence-corrected chi connectivity index (χ3v) is 7.11. The summed E-state index contributed by atoms with van der Waals surface area (Å²) in [6, 6.07) is 7.32. The monoisotopic (exact) mass is 550 g/mol. The molecule has 0 atom stereocenters. The molecular weight excluding hydrogens is 522 g/mol. The van der Waals surface area contributed by atoms with E-state index in [9.17, 15) is 31.1 Å². The van der Waals surface area contributed by atoms with Crippen LogP contribution in [0.5, 0.6) is 11.5 Å². The number of rotatable bonds is 8. The van der Waals surface area contributed by atoms with Gasteiger partial charge in [-0.15, -0.1) is 0 Å². The molecule has 3 aromatic carbocycles. The molecule has 3 aromatic rings. The molecule has 1 aliphatic carbocycles. The van der Waals surface area contributed by atoms with Crippen molar-refractivity contribution < 1.29 is 40.6 Å². The third-order valence-electron chi connectivity index (χ3n) is 7.11. The summed E-state index contributed by atoms with van der Waals surface area (Å²) in [5.74, 6) is -10.2. The van der Waals surface area contributed by atoms with Crippen LogP contribution in [0.2, 0.25) is 0 Å². The molecule has 4 rings (SSSR count). The maximum atomic E-state index is 14.8. The average Bonchev–Trinajstić information content (AvgIpc) is 2.93. The van der Waals surface area contributed by atoms with E-state index in [1.165, 1.54) is 0 Å². The summed E-state index contributed by atoms with van der Waals surface area (Å²) < 4.78 is 97.5. The summed E-state index contributed by atoms with van der Waals surface area (Å²) in [6.45, 7) is 3.55. The molecule has 0 saturated heterocycles. The number of benzene rings is 3. The van der Waals surface area contributed by atoms with E-state index < -0.39 is 63.7 Å². The fourth-order valence-corrected chi connectivity index (χ4v) is 5.04. The Kier molecular flexibility index (Phi) is 8.87. The molecule has 9 heteroatoms. The Morgan fingerprint density at radius 2 is 1.31 bits per heavy atom. The summed E-state index contributed by atoms with van der Waals surface area (Å²) >= 11 is 0. The van der Waals surface area contributed by atoms with E-state index >= 15 is 0 Å². The standard InChI is InChI=1S/C30H28F6O3/c1-3-5-17-10-11-19(25(32)24(17)31)16-6-8-18(9-7-16)30(37)39-23-15-13-21(27(34)29(23)36)20-12-14-22(38-4-2)28(35)26(20)33/h10-16,18H,3-9H2,1-2H3. The average molecular weight is 551 g/mol. The number of hydrogen-bond acceptors (Lipinski definition) is 3. The molecule has 0 amide bonds. The van der Waals surface area contributed by atoms with Crippen molar-refractivity contribution in [1.29, 1.82) is 0 Å². The molecule has 208 valence electrons. The Labute approximate surface area is 222 Å². The van der Waals surface area contributed by atoms with Crippen molar-refractivity contribution >= 4 is 5.97 Å². The van der Waals surface area contributed by atoms with E-state index in [2.05, 4.69) is 0 Å². The molecular formula is C30H28F6O3. The predicted octanol–water partition coefficient (Wildman–Crippen LogP) is 8.42. The number of halogens is 6. The van der Waals surface area contributed by atoms with Crippen LogP contribution in [0, 0.1) is 40.8 Å². The second-order valence-corrected chi connectivity index (χ2v) is 9.57. The maximum absolute atomic E-state index is 14.8. The molecule has 0 heterocycles. The quantitative estimate of drug-likeness (QED) is 0.160. The Morgan fingerprint density at radius 1 is 0.718 bits per heavy atom. The van der Waals surface area contributed by atoms with Crippen LogP contribution in [0.15, 0.2) is 36.4 Å². The largest absolute Gasteiger partial charge is 0.491 e. The van der Waals surface area contributed by atoms with Crippen molar-refractivity contribution in [2.24, 2.45) is 5.92 Å². The molecule has 1 saturated carbocycles. The van der Waals surface area contributed by atoms with E-state index in [0.29, 0.717) is 44.1 Å². The Bertz CT molecular complexity index is 1370. The van der Waals surface area contributed by atoms with Crippen LogP contribution < -0.4 is 9.47 Å². The van der Waals surface area contributed by atoms with Gasteiger partial charge in [0.25, 0.3) is 0 Å². The SMILES string of the molecule is CCCc1ccc(C2CCC(C(=O)Oc3ccc(-c4ccc(OCC)c(F)c4F)c(F)c3F)CC2)c(F)c1F. The van der Waals surface area contributed by atoms with Gasteiger partial charge >= 0.3 is 5.97 Å². The minimum atomic E-state index is -1.52. The molecule has 0 aromatic heterocycles. The summed E-state index contributed by atoms with van der Waals surface area (Å²) in [7, 11) is 0. The number of aryl methyl sites for hydroxylation is 1. The first kappa shape index (κ1) is 28.5. The minimum absolute atomic E-state index is 0.0853. The van der Waals surface area contributed by atoms with Crippen LogP contribution in [-0.4, -0.2) is 12.6 Å². The number of carbonyl (C=O) groups excluding carboxylic acids is 1. The second-order valence-electron chi connectivity index (χ2n) is 9.57. The smallest absolute Gasteiger partial charge is 0.314 e. The maximum Gasteiger partial charge on any atom is 0.314 e. The zero-order valence-corrected chi connectivity index (χ0v) is 21.6. The molecule has 0 bridgehead atoms. The summed E-state index contributed by atoms with van der Waals surface area (Å²) in [5.41, 5.74) is -0.478. The molecule has 0 radical (unpaired) electrons. The molecule has 0 spiro atoms. The topological polar surface area (TPSA) is 35.5 Å². The van der Waals surface area contributed by atoms with Crippen molar-refractivity contribution in [2.75, 3.05) is 6.61 Å². The number of hydrogen-bond donors (Lipinski definition) is 0. The normalized spacial score (nSPS) is 17.2. The predicted molar refractivity (Wildman–Crippen MR) is 134 cm³/mol. The van der Waals surface area contributed by atoms with E-state index in [1.54, 1.807) is 19.1 Å². The summed E-state index contributed by atoms with van der Waals surface area (Å²) in [4.78, 5) is 12.7. The molecule has 3 nitrogen and oxygen atoms in total. The van der Waals surface area contributed by atoms with Crippen LogP contribution in [0.1, 0.15) is 63.0 Å². The van der Waals surface area contributed by atoms with E-state index in [-0.39, 0.29) is 23.8 Å². The van der Waals surface area contributed by atoms with Crippen molar-refractivity contribution in [3.05, 3.63) is 82.4 Å². The van der Waals surface area contributed by atoms with Crippen molar-refractivity contribution in [3.8, 4) is 22.6 Å². The minimum Gasteiger partial charge on any atom is -0.491 e. The van der Waals surface area contributed by atoms with Crippen LogP contribution in [0.3, 0.4) is 0 Å². The van der Waals surface area contributed by atoms with Crippen LogP contribution in [0.4, 0.5) is 26.3 Å². The van der Waals surface area contributed by atoms with Crippen molar-refractivity contribution in [2.45, 2.75) is 58.3 Å². The van der Waals surface area contributed by atoms with Crippen molar-refractivity contribution in [1.82, 2.24) is 0 Å².